The summed E-state index contributed by atoms with van der Waals surface area (Å²) in [5.74, 6) is 0. The van der Waals surface area contributed by atoms with Gasteiger partial charge in [-0.3, -0.25) is 0 Å². The van der Waals surface area contributed by atoms with Gasteiger partial charge in [-0.2, -0.15) is 0 Å². The van der Waals surface area contributed by atoms with Gasteiger partial charge in [-0.25, -0.2) is 0 Å². The van der Waals surface area contributed by atoms with E-state index in [0.29, 0.717) is 0 Å². The molecule has 1 nitrogen and oxygen atoms in total. The molecule has 1 unspecified atom stereocenters. The maximum absolute atomic E-state index is 3.89. The summed E-state index contributed by atoms with van der Waals surface area (Å²) in [7, 11) is 0. The zero-order chi connectivity index (χ0) is 12.3. The van der Waals surface area contributed by atoms with Crippen molar-refractivity contribution in [1.82, 2.24) is 5.32 Å². The minimum atomic E-state index is 0.735. The molecule has 2 saturated carbocycles. The minimum Gasteiger partial charge on any atom is -0.313 e. The lowest BCUT2D eigenvalue weighted by molar-refractivity contribution is 0.0236. The van der Waals surface area contributed by atoms with Gasteiger partial charge in [-0.15, -0.1) is 0 Å². The van der Waals surface area contributed by atoms with Crippen LogP contribution in [0.4, 0.5) is 0 Å². The second kappa shape index (κ2) is 5.77. The van der Waals surface area contributed by atoms with Crippen LogP contribution >= 0.6 is 0 Å². The Morgan fingerprint density at radius 2 is 1.94 bits per heavy atom. The van der Waals surface area contributed by atoms with Crippen LogP contribution in [0.3, 0.4) is 0 Å². The fourth-order valence-corrected chi connectivity index (χ4v) is 4.41. The van der Waals surface area contributed by atoms with Gasteiger partial charge < -0.3 is 5.32 Å². The average molecular weight is 247 g/mol. The van der Waals surface area contributed by atoms with Crippen molar-refractivity contribution in [3.8, 4) is 0 Å². The first-order valence-corrected chi connectivity index (χ1v) is 8.30. The van der Waals surface area contributed by atoms with E-state index >= 15 is 0 Å². The van der Waals surface area contributed by atoms with Gasteiger partial charge in [0, 0.05) is 6.04 Å². The Labute approximate surface area is 112 Å². The highest BCUT2D eigenvalue weighted by Gasteiger charge is 2.46. The van der Waals surface area contributed by atoms with E-state index in [9.17, 15) is 0 Å². The summed E-state index contributed by atoms with van der Waals surface area (Å²) in [6.07, 6.45) is 19.8. The molecule has 3 aliphatic rings. The van der Waals surface area contributed by atoms with E-state index < -0.39 is 0 Å². The molecule has 1 heteroatoms. The molecule has 18 heavy (non-hydrogen) atoms. The molecule has 102 valence electrons. The largest absolute Gasteiger partial charge is 0.313 e. The van der Waals surface area contributed by atoms with Gasteiger partial charge in [0.2, 0.25) is 0 Å². The molecule has 1 N–H and O–H groups in total. The molecule has 0 heterocycles. The predicted molar refractivity (Wildman–Crippen MR) is 77.7 cm³/mol. The van der Waals surface area contributed by atoms with Gasteiger partial charge in [-0.05, 0) is 69.7 Å². The van der Waals surface area contributed by atoms with Crippen LogP contribution in [0.5, 0.6) is 0 Å². The SMILES string of the molecule is C1=C(CCNC2CCC23CCCCC3)CCCC1. The van der Waals surface area contributed by atoms with Crippen molar-refractivity contribution in [3.63, 3.8) is 0 Å². The fourth-order valence-electron chi connectivity index (χ4n) is 4.41. The zero-order valence-corrected chi connectivity index (χ0v) is 11.8. The molecule has 0 radical (unpaired) electrons. The van der Waals surface area contributed by atoms with Crippen molar-refractivity contribution in [2.24, 2.45) is 5.41 Å². The Morgan fingerprint density at radius 3 is 2.61 bits per heavy atom. The molecule has 1 spiro atoms. The first-order chi connectivity index (χ1) is 8.89. The molecule has 0 aliphatic heterocycles. The molecule has 0 aromatic heterocycles. The summed E-state index contributed by atoms with van der Waals surface area (Å²) in [4.78, 5) is 0. The van der Waals surface area contributed by atoms with Crippen molar-refractivity contribution in [3.05, 3.63) is 11.6 Å². The molecule has 0 bridgehead atoms. The molecular weight excluding hydrogens is 218 g/mol. The number of hydrogen-bond donors (Lipinski definition) is 1. The van der Waals surface area contributed by atoms with Gasteiger partial charge >= 0.3 is 0 Å². The normalized spacial score (nSPS) is 30.9. The van der Waals surface area contributed by atoms with E-state index in [0.717, 1.165) is 11.5 Å². The molecular formula is C17H29N. The van der Waals surface area contributed by atoms with Gasteiger partial charge in [0.05, 0.1) is 0 Å². The number of nitrogens with one attached hydrogen (secondary N) is 1. The summed E-state index contributed by atoms with van der Waals surface area (Å²) in [6.45, 7) is 1.23. The molecule has 0 aromatic rings. The summed E-state index contributed by atoms with van der Waals surface area (Å²) in [5, 5.41) is 3.89. The number of hydrogen-bond acceptors (Lipinski definition) is 1. The predicted octanol–water partition coefficient (Wildman–Crippen LogP) is 4.58. The maximum Gasteiger partial charge on any atom is 0.0124 e. The van der Waals surface area contributed by atoms with Crippen LogP contribution in [0.1, 0.15) is 77.0 Å². The van der Waals surface area contributed by atoms with Gasteiger partial charge in [-0.1, -0.05) is 30.9 Å². The maximum atomic E-state index is 3.89. The van der Waals surface area contributed by atoms with E-state index in [4.69, 9.17) is 0 Å². The van der Waals surface area contributed by atoms with Gasteiger partial charge in [0.15, 0.2) is 0 Å². The highest BCUT2D eigenvalue weighted by Crippen LogP contribution is 2.51. The smallest absolute Gasteiger partial charge is 0.0124 e. The molecule has 0 amide bonds. The third-order valence-corrected chi connectivity index (χ3v) is 5.74. The molecule has 1 atom stereocenters. The van der Waals surface area contributed by atoms with Crippen LogP contribution < -0.4 is 5.32 Å². The number of allylic oxidation sites excluding steroid dienone is 1. The Bertz CT molecular complexity index is 299. The lowest BCUT2D eigenvalue weighted by Gasteiger charge is -2.52. The summed E-state index contributed by atoms with van der Waals surface area (Å²) in [5.41, 5.74) is 2.46. The van der Waals surface area contributed by atoms with Crippen LogP contribution in [-0.4, -0.2) is 12.6 Å². The number of rotatable bonds is 4. The second-order valence-corrected chi connectivity index (χ2v) is 6.83. The molecule has 0 aromatic carbocycles. The topological polar surface area (TPSA) is 12.0 Å². The quantitative estimate of drug-likeness (QED) is 0.717. The highest BCUT2D eigenvalue weighted by molar-refractivity contribution is 5.06. The highest BCUT2D eigenvalue weighted by atomic mass is 15.0. The Morgan fingerprint density at radius 1 is 1.06 bits per heavy atom. The molecule has 0 saturated heterocycles. The first-order valence-electron chi connectivity index (χ1n) is 8.30. The van der Waals surface area contributed by atoms with Crippen LogP contribution in [0.15, 0.2) is 11.6 Å². The fraction of sp³-hybridized carbons (Fsp3) is 0.882. The van der Waals surface area contributed by atoms with Crippen LogP contribution in [0.2, 0.25) is 0 Å². The van der Waals surface area contributed by atoms with Crippen LogP contribution in [0.25, 0.3) is 0 Å². The Kier molecular flexibility index (Phi) is 4.08. The first kappa shape index (κ1) is 12.7. The lowest BCUT2D eigenvalue weighted by Crippen LogP contribution is -2.54. The third-order valence-electron chi connectivity index (χ3n) is 5.74. The third kappa shape index (κ3) is 2.66. The lowest BCUT2D eigenvalue weighted by atomic mass is 9.57. The van der Waals surface area contributed by atoms with E-state index in [1.165, 1.54) is 83.6 Å². The van der Waals surface area contributed by atoms with Gasteiger partial charge in [0.25, 0.3) is 0 Å². The van der Waals surface area contributed by atoms with Crippen LogP contribution in [-0.2, 0) is 0 Å². The van der Waals surface area contributed by atoms with Crippen molar-refractivity contribution >= 4 is 0 Å². The average Bonchev–Trinajstić information content (AvgIpc) is 2.44. The van der Waals surface area contributed by atoms with Crippen LogP contribution in [0, 0.1) is 5.41 Å². The van der Waals surface area contributed by atoms with Gasteiger partial charge in [0.1, 0.15) is 0 Å². The van der Waals surface area contributed by atoms with E-state index in [-0.39, 0.29) is 0 Å². The van der Waals surface area contributed by atoms with Crippen molar-refractivity contribution < 1.29 is 0 Å². The van der Waals surface area contributed by atoms with E-state index in [1.54, 1.807) is 5.57 Å². The summed E-state index contributed by atoms with van der Waals surface area (Å²) >= 11 is 0. The Balaban J connectivity index is 1.41. The minimum absolute atomic E-state index is 0.735. The summed E-state index contributed by atoms with van der Waals surface area (Å²) < 4.78 is 0. The summed E-state index contributed by atoms with van der Waals surface area (Å²) in [6, 6.07) is 0.863. The van der Waals surface area contributed by atoms with Crippen molar-refractivity contribution in [2.45, 2.75) is 83.1 Å². The standard InChI is InChI=1S/C17H29N/c1-3-7-15(8-4-1)10-14-18-16-9-13-17(16)11-5-2-6-12-17/h7,16,18H,1-6,8-14H2. The monoisotopic (exact) mass is 247 g/mol. The van der Waals surface area contributed by atoms with Crippen molar-refractivity contribution in [1.29, 1.82) is 0 Å². The Hall–Kier alpha value is -0.300. The second-order valence-electron chi connectivity index (χ2n) is 6.83. The van der Waals surface area contributed by atoms with E-state index in [2.05, 4.69) is 11.4 Å². The zero-order valence-electron chi connectivity index (χ0n) is 11.8. The molecule has 3 aliphatic carbocycles. The van der Waals surface area contributed by atoms with Crippen molar-refractivity contribution in [2.75, 3.05) is 6.54 Å². The van der Waals surface area contributed by atoms with E-state index in [1.807, 2.05) is 0 Å². The molecule has 2 fully saturated rings. The molecule has 3 rings (SSSR count).